The minimum atomic E-state index is -4.40. The van der Waals surface area contributed by atoms with Gasteiger partial charge < -0.3 is 10.2 Å². The van der Waals surface area contributed by atoms with Gasteiger partial charge in [-0.15, -0.1) is 0 Å². The average Bonchev–Trinajstić information content (AvgIpc) is 3.02. The van der Waals surface area contributed by atoms with Gasteiger partial charge in [0.25, 0.3) is 15.7 Å². The molecule has 4 aromatic rings. The molecule has 2 amide bonds. The lowest BCUT2D eigenvalue weighted by Crippen LogP contribution is -2.53. The van der Waals surface area contributed by atoms with Gasteiger partial charge >= 0.3 is 0 Å². The predicted molar refractivity (Wildman–Crippen MR) is 159 cm³/mol. The Morgan fingerprint density at radius 3 is 2.12 bits per heavy atom. The molecule has 12 heteroatoms. The van der Waals surface area contributed by atoms with E-state index in [0.717, 1.165) is 15.9 Å². The van der Waals surface area contributed by atoms with Crippen LogP contribution < -0.4 is 9.62 Å². The van der Waals surface area contributed by atoms with Crippen molar-refractivity contribution in [3.63, 3.8) is 0 Å². The Morgan fingerprint density at radius 1 is 0.884 bits per heavy atom. The number of sulfonamides is 1. The monoisotopic (exact) mass is 604 g/mol. The molecule has 0 aromatic heterocycles. The molecular formula is C31H29FN4O6S. The number of carbonyl (C=O) groups excluding carboxylic acids is 2. The van der Waals surface area contributed by atoms with Crippen molar-refractivity contribution in [2.24, 2.45) is 0 Å². The normalized spacial score (nSPS) is 11.8. The molecule has 0 radical (unpaired) electrons. The van der Waals surface area contributed by atoms with Gasteiger partial charge in [0.05, 0.1) is 15.5 Å². The second-order valence-corrected chi connectivity index (χ2v) is 11.4. The maximum absolute atomic E-state index is 14.2. The van der Waals surface area contributed by atoms with Crippen molar-refractivity contribution in [3.8, 4) is 0 Å². The van der Waals surface area contributed by atoms with E-state index in [4.69, 9.17) is 0 Å². The first-order valence-electron chi connectivity index (χ1n) is 13.2. The Kier molecular flexibility index (Phi) is 9.83. The van der Waals surface area contributed by atoms with Gasteiger partial charge in [-0.1, -0.05) is 66.7 Å². The first kappa shape index (κ1) is 30.8. The highest BCUT2D eigenvalue weighted by Crippen LogP contribution is 2.28. The van der Waals surface area contributed by atoms with E-state index in [1.165, 1.54) is 78.7 Å². The molecule has 0 aliphatic rings. The highest BCUT2D eigenvalue weighted by molar-refractivity contribution is 7.92. The molecule has 43 heavy (non-hydrogen) atoms. The summed E-state index contributed by atoms with van der Waals surface area (Å²) in [5.41, 5.74) is 0.784. The van der Waals surface area contributed by atoms with Crippen LogP contribution in [0.5, 0.6) is 0 Å². The van der Waals surface area contributed by atoms with Crippen molar-refractivity contribution >= 4 is 33.2 Å². The Bertz CT molecular complexity index is 1690. The second-order valence-electron chi connectivity index (χ2n) is 9.57. The van der Waals surface area contributed by atoms with Crippen LogP contribution >= 0.6 is 0 Å². The number of hydrogen-bond acceptors (Lipinski definition) is 6. The number of nitrogens with one attached hydrogen (secondary N) is 1. The Hall–Kier alpha value is -5.10. The summed E-state index contributed by atoms with van der Waals surface area (Å²) >= 11 is 0. The molecule has 0 aliphatic carbocycles. The van der Waals surface area contributed by atoms with Gasteiger partial charge in [-0.2, -0.15) is 0 Å². The molecule has 4 aromatic carbocycles. The fourth-order valence-corrected chi connectivity index (χ4v) is 5.94. The lowest BCUT2D eigenvalue weighted by molar-refractivity contribution is -0.384. The smallest absolute Gasteiger partial charge is 0.271 e. The number of benzene rings is 4. The summed E-state index contributed by atoms with van der Waals surface area (Å²) in [7, 11) is -2.97. The lowest BCUT2D eigenvalue weighted by Gasteiger charge is -2.33. The molecule has 0 heterocycles. The lowest BCUT2D eigenvalue weighted by atomic mass is 10.0. The minimum absolute atomic E-state index is 0.104. The van der Waals surface area contributed by atoms with Crippen LogP contribution in [0, 0.1) is 15.9 Å². The van der Waals surface area contributed by atoms with E-state index in [2.05, 4.69) is 5.32 Å². The first-order valence-corrected chi connectivity index (χ1v) is 14.7. The van der Waals surface area contributed by atoms with E-state index in [9.17, 15) is 32.5 Å². The third kappa shape index (κ3) is 7.60. The van der Waals surface area contributed by atoms with Crippen LogP contribution in [0.15, 0.2) is 114 Å². The Balaban J connectivity index is 1.80. The molecule has 0 bridgehead atoms. The fraction of sp³-hybridized carbons (Fsp3) is 0.161. The zero-order valence-corrected chi connectivity index (χ0v) is 24.0. The number of nitro groups is 1. The standard InChI is InChI=1S/C31H29FN4O6S/c1-33-31(38)29(19-23-9-4-2-5-10-23)34(21-24-15-17-25(32)18-16-24)30(37)22-35(26-11-8-12-27(20-26)36(39)40)43(41,42)28-13-6-3-7-14-28/h2-18,20,29H,19,21-22H2,1H3,(H,33,38). The molecule has 0 spiro atoms. The van der Waals surface area contributed by atoms with E-state index in [0.29, 0.717) is 5.56 Å². The third-order valence-corrected chi connectivity index (χ3v) is 8.51. The molecule has 0 saturated heterocycles. The number of rotatable bonds is 12. The van der Waals surface area contributed by atoms with E-state index in [1.807, 2.05) is 6.07 Å². The van der Waals surface area contributed by atoms with Gasteiger partial charge in [0.15, 0.2) is 0 Å². The SMILES string of the molecule is CNC(=O)C(Cc1ccccc1)N(Cc1ccc(F)cc1)C(=O)CN(c1cccc([N+](=O)[O-])c1)S(=O)(=O)c1ccccc1. The Labute approximate surface area is 248 Å². The maximum Gasteiger partial charge on any atom is 0.271 e. The van der Waals surface area contributed by atoms with Crippen molar-refractivity contribution in [2.45, 2.75) is 23.9 Å². The fourth-order valence-electron chi connectivity index (χ4n) is 4.52. The number of carbonyl (C=O) groups is 2. The molecule has 1 atom stereocenters. The molecule has 1 unspecified atom stereocenters. The molecule has 10 nitrogen and oxygen atoms in total. The van der Waals surface area contributed by atoms with Crippen LogP contribution in [-0.2, 0) is 32.6 Å². The first-order chi connectivity index (χ1) is 20.6. The molecule has 222 valence electrons. The maximum atomic E-state index is 14.2. The van der Waals surface area contributed by atoms with Gasteiger partial charge in [0, 0.05) is 32.1 Å². The molecule has 1 N–H and O–H groups in total. The van der Waals surface area contributed by atoms with Crippen LogP contribution in [0.25, 0.3) is 0 Å². The number of non-ortho nitro benzene ring substituents is 1. The quantitative estimate of drug-likeness (QED) is 0.189. The van der Waals surface area contributed by atoms with Crippen molar-refractivity contribution in [1.82, 2.24) is 10.2 Å². The molecular weight excluding hydrogens is 575 g/mol. The number of nitro benzene ring substituents is 1. The summed E-state index contributed by atoms with van der Waals surface area (Å²) in [6, 6.07) is 25.6. The van der Waals surface area contributed by atoms with E-state index < -0.39 is 45.2 Å². The minimum Gasteiger partial charge on any atom is -0.357 e. The molecule has 0 saturated carbocycles. The van der Waals surface area contributed by atoms with Gasteiger partial charge in [0.1, 0.15) is 18.4 Å². The number of halogens is 1. The largest absolute Gasteiger partial charge is 0.357 e. The number of nitrogens with zero attached hydrogens (tertiary/aromatic N) is 3. The predicted octanol–water partition coefficient (Wildman–Crippen LogP) is 4.32. The van der Waals surface area contributed by atoms with Crippen LogP contribution in [0.1, 0.15) is 11.1 Å². The van der Waals surface area contributed by atoms with Gasteiger partial charge in [0.2, 0.25) is 11.8 Å². The number of anilines is 1. The summed E-state index contributed by atoms with van der Waals surface area (Å²) in [6.07, 6.45) is 0.107. The van der Waals surface area contributed by atoms with E-state index in [1.54, 1.807) is 30.3 Å². The van der Waals surface area contributed by atoms with Crippen LogP contribution in [0.4, 0.5) is 15.8 Å². The molecule has 0 fully saturated rings. The number of amides is 2. The highest BCUT2D eigenvalue weighted by atomic mass is 32.2. The topological polar surface area (TPSA) is 130 Å². The zero-order chi connectivity index (χ0) is 31.0. The second kappa shape index (κ2) is 13.7. The summed E-state index contributed by atoms with van der Waals surface area (Å²) in [5.74, 6) is -1.73. The van der Waals surface area contributed by atoms with E-state index in [-0.39, 0.29) is 29.2 Å². The Morgan fingerprint density at radius 2 is 1.51 bits per heavy atom. The average molecular weight is 605 g/mol. The van der Waals surface area contributed by atoms with Crippen molar-refractivity contribution in [2.75, 3.05) is 17.9 Å². The zero-order valence-electron chi connectivity index (χ0n) is 23.2. The van der Waals surface area contributed by atoms with Crippen molar-refractivity contribution in [3.05, 3.63) is 136 Å². The number of hydrogen-bond donors (Lipinski definition) is 1. The van der Waals surface area contributed by atoms with Gasteiger partial charge in [-0.25, -0.2) is 12.8 Å². The summed E-state index contributed by atoms with van der Waals surface area (Å²) in [5, 5.41) is 14.1. The van der Waals surface area contributed by atoms with Crippen LogP contribution in [0.3, 0.4) is 0 Å². The highest BCUT2D eigenvalue weighted by Gasteiger charge is 2.34. The van der Waals surface area contributed by atoms with Crippen LogP contribution in [-0.4, -0.2) is 49.7 Å². The van der Waals surface area contributed by atoms with Crippen LogP contribution in [0.2, 0.25) is 0 Å². The number of likely N-dealkylation sites (N-methyl/N-ethyl adjacent to an activating group) is 1. The van der Waals surface area contributed by atoms with Crippen molar-refractivity contribution in [1.29, 1.82) is 0 Å². The molecule has 4 rings (SSSR count). The summed E-state index contributed by atoms with van der Waals surface area (Å²) < 4.78 is 42.2. The summed E-state index contributed by atoms with van der Waals surface area (Å²) in [6.45, 7) is -0.917. The van der Waals surface area contributed by atoms with E-state index >= 15 is 0 Å². The van der Waals surface area contributed by atoms with Gasteiger partial charge in [-0.05, 0) is 41.5 Å². The van der Waals surface area contributed by atoms with Gasteiger partial charge in [-0.3, -0.25) is 24.0 Å². The third-order valence-electron chi connectivity index (χ3n) is 6.72. The van der Waals surface area contributed by atoms with Crippen molar-refractivity contribution < 1.29 is 27.3 Å². The summed E-state index contributed by atoms with van der Waals surface area (Å²) in [4.78, 5) is 39.4. The molecule has 0 aliphatic heterocycles.